The van der Waals surface area contributed by atoms with Crippen molar-refractivity contribution < 1.29 is 4.79 Å². The van der Waals surface area contributed by atoms with Crippen LogP contribution in [0.4, 0.5) is 0 Å². The standard InChI is InChI=1S/C14H16ClNO.C2H6/c15-12-5-3-11(4-6-12)14(7-8-14)13(17)16-9-1-2-10-16;1-2/h3-6H,1-2,7-10H2;1-2H3. The van der Waals surface area contributed by atoms with E-state index in [1.165, 1.54) is 0 Å². The number of hydrogen-bond acceptors (Lipinski definition) is 1. The zero-order valence-electron chi connectivity index (χ0n) is 11.8. The Morgan fingerprint density at radius 3 is 2.11 bits per heavy atom. The molecule has 19 heavy (non-hydrogen) atoms. The van der Waals surface area contributed by atoms with Crippen LogP contribution < -0.4 is 0 Å². The Kier molecular flexibility index (Phi) is 4.51. The molecule has 1 aliphatic carbocycles. The van der Waals surface area contributed by atoms with Gasteiger partial charge in [-0.15, -0.1) is 0 Å². The van der Waals surface area contributed by atoms with Crippen molar-refractivity contribution in [1.82, 2.24) is 4.90 Å². The molecule has 0 bridgehead atoms. The highest BCUT2D eigenvalue weighted by Gasteiger charge is 2.53. The maximum Gasteiger partial charge on any atom is 0.233 e. The Morgan fingerprint density at radius 1 is 1.11 bits per heavy atom. The van der Waals surface area contributed by atoms with Crippen molar-refractivity contribution in [1.29, 1.82) is 0 Å². The van der Waals surface area contributed by atoms with E-state index in [0.717, 1.165) is 49.4 Å². The summed E-state index contributed by atoms with van der Waals surface area (Å²) < 4.78 is 0. The monoisotopic (exact) mass is 279 g/mol. The highest BCUT2D eigenvalue weighted by atomic mass is 35.5. The third kappa shape index (κ3) is 2.79. The van der Waals surface area contributed by atoms with Crippen LogP contribution in [0.2, 0.25) is 5.02 Å². The Bertz CT molecular complexity index is 431. The summed E-state index contributed by atoms with van der Waals surface area (Å²) in [6.07, 6.45) is 4.29. The average molecular weight is 280 g/mol. The van der Waals surface area contributed by atoms with Crippen LogP contribution in [0.1, 0.15) is 45.1 Å². The second-order valence-corrected chi connectivity index (χ2v) is 5.52. The lowest BCUT2D eigenvalue weighted by Crippen LogP contribution is -2.37. The number of carbonyl (C=O) groups excluding carboxylic acids is 1. The summed E-state index contributed by atoms with van der Waals surface area (Å²) >= 11 is 5.89. The third-order valence-corrected chi connectivity index (χ3v) is 4.20. The molecular weight excluding hydrogens is 258 g/mol. The molecule has 1 aromatic rings. The predicted molar refractivity (Wildman–Crippen MR) is 79.5 cm³/mol. The van der Waals surface area contributed by atoms with E-state index in [9.17, 15) is 4.79 Å². The third-order valence-electron chi connectivity index (χ3n) is 3.95. The van der Waals surface area contributed by atoms with Crippen LogP contribution in [0, 0.1) is 0 Å². The molecule has 0 N–H and O–H groups in total. The van der Waals surface area contributed by atoms with Crippen molar-refractivity contribution in [3.05, 3.63) is 34.9 Å². The molecule has 1 amide bonds. The van der Waals surface area contributed by atoms with Crippen molar-refractivity contribution in [2.45, 2.75) is 44.9 Å². The summed E-state index contributed by atoms with van der Waals surface area (Å²) in [5, 5.41) is 0.734. The first-order chi connectivity index (χ1) is 9.22. The summed E-state index contributed by atoms with van der Waals surface area (Å²) in [5.74, 6) is 0.331. The molecule has 0 atom stereocenters. The first-order valence-corrected chi connectivity index (χ1v) is 7.66. The summed E-state index contributed by atoms with van der Waals surface area (Å²) in [7, 11) is 0. The number of rotatable bonds is 2. The second-order valence-electron chi connectivity index (χ2n) is 5.09. The molecule has 104 valence electrons. The van der Waals surface area contributed by atoms with E-state index in [4.69, 9.17) is 11.6 Å². The first kappa shape index (κ1) is 14.4. The summed E-state index contributed by atoms with van der Waals surface area (Å²) in [4.78, 5) is 14.5. The highest BCUT2D eigenvalue weighted by molar-refractivity contribution is 6.30. The molecule has 2 fully saturated rings. The summed E-state index contributed by atoms with van der Waals surface area (Å²) in [6, 6.07) is 7.77. The molecule has 0 spiro atoms. The zero-order valence-corrected chi connectivity index (χ0v) is 12.5. The molecule has 1 aromatic carbocycles. The predicted octanol–water partition coefficient (Wildman–Crippen LogP) is 4.02. The van der Waals surface area contributed by atoms with Gasteiger partial charge in [0.1, 0.15) is 0 Å². The normalized spacial score (nSPS) is 19.6. The minimum Gasteiger partial charge on any atom is -0.342 e. The van der Waals surface area contributed by atoms with Crippen LogP contribution in [0.15, 0.2) is 24.3 Å². The fourth-order valence-electron chi connectivity index (χ4n) is 2.74. The van der Waals surface area contributed by atoms with Crippen molar-refractivity contribution in [3.63, 3.8) is 0 Å². The molecular formula is C16H22ClNO. The van der Waals surface area contributed by atoms with Gasteiger partial charge in [0.05, 0.1) is 5.41 Å². The van der Waals surface area contributed by atoms with Crippen molar-refractivity contribution >= 4 is 17.5 Å². The molecule has 3 heteroatoms. The van der Waals surface area contributed by atoms with Gasteiger partial charge >= 0.3 is 0 Å². The number of nitrogens with zero attached hydrogens (tertiary/aromatic N) is 1. The van der Waals surface area contributed by atoms with E-state index >= 15 is 0 Å². The lowest BCUT2D eigenvalue weighted by atomic mass is 9.94. The van der Waals surface area contributed by atoms with E-state index in [0.29, 0.717) is 5.91 Å². The van der Waals surface area contributed by atoms with Crippen LogP contribution in [0.5, 0.6) is 0 Å². The van der Waals surface area contributed by atoms with Gasteiger partial charge in [-0.05, 0) is 43.4 Å². The van der Waals surface area contributed by atoms with Gasteiger partial charge in [0.2, 0.25) is 5.91 Å². The average Bonchev–Trinajstić information content (AvgIpc) is 3.08. The summed E-state index contributed by atoms with van der Waals surface area (Å²) in [5.41, 5.74) is 0.924. The minimum atomic E-state index is -0.213. The second kappa shape index (κ2) is 5.96. The van der Waals surface area contributed by atoms with Crippen molar-refractivity contribution in [2.24, 2.45) is 0 Å². The molecule has 1 saturated heterocycles. The van der Waals surface area contributed by atoms with Crippen LogP contribution in [-0.2, 0) is 10.2 Å². The molecule has 2 nitrogen and oxygen atoms in total. The Balaban J connectivity index is 0.000000637. The zero-order chi connectivity index (χ0) is 13.9. The molecule has 2 aliphatic rings. The Morgan fingerprint density at radius 2 is 1.63 bits per heavy atom. The van der Waals surface area contributed by atoms with Crippen LogP contribution in [0.3, 0.4) is 0 Å². The van der Waals surface area contributed by atoms with Gasteiger partial charge in [-0.25, -0.2) is 0 Å². The molecule has 0 unspecified atom stereocenters. The number of halogens is 1. The van der Waals surface area contributed by atoms with Gasteiger partial charge in [-0.3, -0.25) is 4.79 Å². The maximum absolute atomic E-state index is 12.5. The minimum absolute atomic E-state index is 0.213. The number of likely N-dealkylation sites (tertiary alicyclic amines) is 1. The quantitative estimate of drug-likeness (QED) is 0.801. The van der Waals surface area contributed by atoms with E-state index in [1.54, 1.807) is 0 Å². The van der Waals surface area contributed by atoms with Gasteiger partial charge in [-0.1, -0.05) is 37.6 Å². The van der Waals surface area contributed by atoms with Gasteiger partial charge in [0.15, 0.2) is 0 Å². The fraction of sp³-hybridized carbons (Fsp3) is 0.562. The van der Waals surface area contributed by atoms with E-state index in [1.807, 2.05) is 43.0 Å². The maximum atomic E-state index is 12.5. The van der Waals surface area contributed by atoms with Crippen LogP contribution in [0.25, 0.3) is 0 Å². The highest BCUT2D eigenvalue weighted by Crippen LogP contribution is 2.50. The molecule has 0 radical (unpaired) electrons. The Hall–Kier alpha value is -1.02. The van der Waals surface area contributed by atoms with Crippen molar-refractivity contribution in [2.75, 3.05) is 13.1 Å². The number of amides is 1. The molecule has 1 saturated carbocycles. The number of hydrogen-bond donors (Lipinski definition) is 0. The first-order valence-electron chi connectivity index (χ1n) is 7.28. The Labute approximate surface area is 120 Å². The molecule has 1 heterocycles. The van der Waals surface area contributed by atoms with Gasteiger partial charge in [-0.2, -0.15) is 0 Å². The van der Waals surface area contributed by atoms with Gasteiger partial charge < -0.3 is 4.90 Å². The van der Waals surface area contributed by atoms with E-state index in [-0.39, 0.29) is 5.41 Å². The lowest BCUT2D eigenvalue weighted by Gasteiger charge is -2.23. The SMILES string of the molecule is CC.O=C(N1CCCC1)C1(c2ccc(Cl)cc2)CC1. The fourth-order valence-corrected chi connectivity index (χ4v) is 2.87. The van der Waals surface area contributed by atoms with Crippen molar-refractivity contribution in [3.8, 4) is 0 Å². The molecule has 0 aromatic heterocycles. The number of benzene rings is 1. The largest absolute Gasteiger partial charge is 0.342 e. The van der Waals surface area contributed by atoms with E-state index < -0.39 is 0 Å². The molecule has 3 rings (SSSR count). The van der Waals surface area contributed by atoms with Crippen LogP contribution >= 0.6 is 11.6 Å². The summed E-state index contributed by atoms with van der Waals surface area (Å²) in [6.45, 7) is 5.88. The molecule has 1 aliphatic heterocycles. The van der Waals surface area contributed by atoms with Gasteiger partial charge in [0.25, 0.3) is 0 Å². The van der Waals surface area contributed by atoms with Crippen LogP contribution in [-0.4, -0.2) is 23.9 Å². The lowest BCUT2D eigenvalue weighted by molar-refractivity contribution is -0.132. The van der Waals surface area contributed by atoms with E-state index in [2.05, 4.69) is 0 Å². The van der Waals surface area contributed by atoms with Gasteiger partial charge in [0, 0.05) is 18.1 Å². The number of carbonyl (C=O) groups is 1. The topological polar surface area (TPSA) is 20.3 Å². The smallest absolute Gasteiger partial charge is 0.233 e.